The predicted molar refractivity (Wildman–Crippen MR) is 76.4 cm³/mol. The van der Waals surface area contributed by atoms with Crippen LogP contribution in [-0.2, 0) is 6.54 Å². The molecule has 3 nitrogen and oxygen atoms in total. The Morgan fingerprint density at radius 2 is 2.10 bits per heavy atom. The van der Waals surface area contributed by atoms with Gasteiger partial charge in [0.2, 0.25) is 0 Å². The molecule has 0 spiro atoms. The lowest BCUT2D eigenvalue weighted by atomic mass is 10.1. The van der Waals surface area contributed by atoms with Crippen LogP contribution in [0.25, 0.3) is 0 Å². The van der Waals surface area contributed by atoms with Crippen LogP contribution in [0.15, 0.2) is 36.4 Å². The molecule has 0 aromatic heterocycles. The zero-order valence-electron chi connectivity index (χ0n) is 10.8. The van der Waals surface area contributed by atoms with E-state index in [1.165, 1.54) is 18.2 Å². The summed E-state index contributed by atoms with van der Waals surface area (Å²) in [6.07, 6.45) is 0. The first-order valence-corrected chi connectivity index (χ1v) is 6.28. The maximum absolute atomic E-state index is 13.2. The smallest absolute Gasteiger partial charge is 0.142 e. The topological polar surface area (TPSA) is 45.0 Å². The van der Waals surface area contributed by atoms with Gasteiger partial charge in [0.25, 0.3) is 0 Å². The highest BCUT2D eigenvalue weighted by atomic mass is 35.5. The molecule has 0 aliphatic rings. The fourth-order valence-corrected chi connectivity index (χ4v) is 2.00. The van der Waals surface area contributed by atoms with Crippen LogP contribution < -0.4 is 10.1 Å². The number of benzene rings is 2. The Morgan fingerprint density at radius 1 is 1.30 bits per heavy atom. The zero-order chi connectivity index (χ0) is 14.5. The van der Waals surface area contributed by atoms with E-state index in [0.717, 1.165) is 0 Å². The van der Waals surface area contributed by atoms with Gasteiger partial charge in [0.1, 0.15) is 11.6 Å². The highest BCUT2D eigenvalue weighted by Crippen LogP contribution is 2.28. The molecule has 20 heavy (non-hydrogen) atoms. The number of nitrogens with one attached hydrogen (secondary N) is 1. The fraction of sp³-hybridized carbons (Fsp3) is 0.133. The second kappa shape index (κ2) is 6.27. The van der Waals surface area contributed by atoms with Gasteiger partial charge in [-0.05, 0) is 42.0 Å². The van der Waals surface area contributed by atoms with Crippen LogP contribution in [0, 0.1) is 17.1 Å². The Balaban J connectivity index is 2.23. The van der Waals surface area contributed by atoms with Crippen molar-refractivity contribution in [3.05, 3.63) is 58.4 Å². The van der Waals surface area contributed by atoms with Crippen LogP contribution in [0.1, 0.15) is 11.1 Å². The van der Waals surface area contributed by atoms with Crippen LogP contribution in [0.5, 0.6) is 5.75 Å². The number of hydrogen-bond donors (Lipinski definition) is 1. The third-order valence-electron chi connectivity index (χ3n) is 2.82. The van der Waals surface area contributed by atoms with Crippen molar-refractivity contribution in [1.82, 2.24) is 0 Å². The van der Waals surface area contributed by atoms with Gasteiger partial charge < -0.3 is 10.1 Å². The van der Waals surface area contributed by atoms with Gasteiger partial charge in [-0.3, -0.25) is 0 Å². The monoisotopic (exact) mass is 290 g/mol. The van der Waals surface area contributed by atoms with Crippen molar-refractivity contribution in [2.45, 2.75) is 6.54 Å². The molecule has 2 rings (SSSR count). The van der Waals surface area contributed by atoms with Crippen molar-refractivity contribution in [1.29, 1.82) is 5.26 Å². The Kier molecular flexibility index (Phi) is 4.44. The molecule has 0 bridgehead atoms. The van der Waals surface area contributed by atoms with Crippen molar-refractivity contribution >= 4 is 17.3 Å². The van der Waals surface area contributed by atoms with E-state index in [0.29, 0.717) is 34.1 Å². The van der Waals surface area contributed by atoms with Gasteiger partial charge in [-0.2, -0.15) is 5.26 Å². The normalized spacial score (nSPS) is 9.90. The standard InChI is InChI=1S/C15H12ClFN2O/c1-20-15-5-3-12(16)7-14(15)19-9-11-6-13(17)4-2-10(11)8-18/h2-7,19H,9H2,1H3. The van der Waals surface area contributed by atoms with Crippen LogP contribution in [0.2, 0.25) is 5.02 Å². The third-order valence-corrected chi connectivity index (χ3v) is 3.05. The molecule has 0 saturated heterocycles. The number of nitrogens with zero attached hydrogens (tertiary/aromatic N) is 1. The summed E-state index contributed by atoms with van der Waals surface area (Å²) in [4.78, 5) is 0. The summed E-state index contributed by atoms with van der Waals surface area (Å²) in [5, 5.41) is 12.7. The van der Waals surface area contributed by atoms with Gasteiger partial charge in [-0.15, -0.1) is 0 Å². The molecule has 2 aromatic rings. The zero-order valence-corrected chi connectivity index (χ0v) is 11.5. The lowest BCUT2D eigenvalue weighted by Crippen LogP contribution is -2.03. The molecule has 5 heteroatoms. The lowest BCUT2D eigenvalue weighted by molar-refractivity contribution is 0.416. The molecule has 0 aliphatic heterocycles. The first-order chi connectivity index (χ1) is 9.63. The second-order valence-corrected chi connectivity index (χ2v) is 4.55. The summed E-state index contributed by atoms with van der Waals surface area (Å²) in [6, 6.07) is 11.3. The predicted octanol–water partition coefficient (Wildman–Crippen LogP) is 3.97. The van der Waals surface area contributed by atoms with Crippen LogP contribution >= 0.6 is 11.6 Å². The molecule has 0 heterocycles. The summed E-state index contributed by atoms with van der Waals surface area (Å²) >= 11 is 5.93. The highest BCUT2D eigenvalue weighted by Gasteiger charge is 2.07. The maximum atomic E-state index is 13.2. The number of rotatable bonds is 4. The van der Waals surface area contributed by atoms with E-state index in [-0.39, 0.29) is 5.82 Å². The van der Waals surface area contributed by atoms with Crippen molar-refractivity contribution in [2.24, 2.45) is 0 Å². The van der Waals surface area contributed by atoms with Crippen molar-refractivity contribution in [3.63, 3.8) is 0 Å². The molecule has 0 amide bonds. The van der Waals surface area contributed by atoms with Crippen LogP contribution in [0.4, 0.5) is 10.1 Å². The van der Waals surface area contributed by atoms with Gasteiger partial charge in [0, 0.05) is 11.6 Å². The third kappa shape index (κ3) is 3.19. The molecular weight excluding hydrogens is 279 g/mol. The Hall–Kier alpha value is -2.25. The minimum atomic E-state index is -0.376. The number of anilines is 1. The molecule has 1 N–H and O–H groups in total. The molecule has 0 aliphatic carbocycles. The molecule has 0 unspecified atom stereocenters. The van der Waals surface area contributed by atoms with E-state index < -0.39 is 0 Å². The molecule has 0 atom stereocenters. The number of nitriles is 1. The van der Waals surface area contributed by atoms with E-state index in [4.69, 9.17) is 21.6 Å². The molecule has 102 valence electrons. The lowest BCUT2D eigenvalue weighted by Gasteiger charge is -2.12. The first kappa shape index (κ1) is 14.2. The van der Waals surface area contributed by atoms with Gasteiger partial charge in [-0.25, -0.2) is 4.39 Å². The fourth-order valence-electron chi connectivity index (χ4n) is 1.83. The average Bonchev–Trinajstić information content (AvgIpc) is 2.45. The van der Waals surface area contributed by atoms with E-state index in [9.17, 15) is 4.39 Å². The summed E-state index contributed by atoms with van der Waals surface area (Å²) in [5.74, 6) is 0.253. The summed E-state index contributed by atoms with van der Waals surface area (Å²) in [7, 11) is 1.55. The van der Waals surface area contributed by atoms with Crippen molar-refractivity contribution < 1.29 is 9.13 Å². The van der Waals surface area contributed by atoms with Crippen molar-refractivity contribution in [2.75, 3.05) is 12.4 Å². The highest BCUT2D eigenvalue weighted by molar-refractivity contribution is 6.30. The summed E-state index contributed by atoms with van der Waals surface area (Å²) in [5.41, 5.74) is 1.70. The first-order valence-electron chi connectivity index (χ1n) is 5.90. The molecule has 0 fully saturated rings. The molecular formula is C15H12ClFN2O. The van der Waals surface area contributed by atoms with Crippen LogP contribution in [-0.4, -0.2) is 7.11 Å². The van der Waals surface area contributed by atoms with E-state index in [1.807, 2.05) is 6.07 Å². The summed E-state index contributed by atoms with van der Waals surface area (Å²) in [6.45, 7) is 0.303. The Labute approximate surface area is 121 Å². The number of ether oxygens (including phenoxy) is 1. The van der Waals surface area contributed by atoms with Gasteiger partial charge in [0.05, 0.1) is 24.4 Å². The molecule has 2 aromatic carbocycles. The largest absolute Gasteiger partial charge is 0.495 e. The maximum Gasteiger partial charge on any atom is 0.142 e. The number of halogens is 2. The average molecular weight is 291 g/mol. The summed E-state index contributed by atoms with van der Waals surface area (Å²) < 4.78 is 18.4. The quantitative estimate of drug-likeness (QED) is 0.926. The van der Waals surface area contributed by atoms with Gasteiger partial charge >= 0.3 is 0 Å². The second-order valence-electron chi connectivity index (χ2n) is 4.11. The molecule has 0 saturated carbocycles. The number of hydrogen-bond acceptors (Lipinski definition) is 3. The van der Waals surface area contributed by atoms with Gasteiger partial charge in [0.15, 0.2) is 0 Å². The number of methoxy groups -OCH3 is 1. The SMILES string of the molecule is COc1ccc(Cl)cc1NCc1cc(F)ccc1C#N. The van der Waals surface area contributed by atoms with E-state index >= 15 is 0 Å². The van der Waals surface area contributed by atoms with E-state index in [1.54, 1.807) is 25.3 Å². The molecule has 0 radical (unpaired) electrons. The Bertz CT molecular complexity index is 667. The Morgan fingerprint density at radius 3 is 2.80 bits per heavy atom. The van der Waals surface area contributed by atoms with Crippen molar-refractivity contribution in [3.8, 4) is 11.8 Å². The van der Waals surface area contributed by atoms with E-state index in [2.05, 4.69) is 5.32 Å². The van der Waals surface area contributed by atoms with Gasteiger partial charge in [-0.1, -0.05) is 11.6 Å². The minimum Gasteiger partial charge on any atom is -0.495 e. The van der Waals surface area contributed by atoms with Crippen LogP contribution in [0.3, 0.4) is 0 Å². The minimum absolute atomic E-state index is 0.303.